The van der Waals surface area contributed by atoms with Crippen molar-refractivity contribution in [3.8, 4) is 0 Å². The van der Waals surface area contributed by atoms with E-state index in [9.17, 15) is 14.7 Å². The molecule has 0 aliphatic carbocycles. The molecule has 0 spiro atoms. The van der Waals surface area contributed by atoms with Gasteiger partial charge >= 0.3 is 0 Å². The molecule has 1 saturated heterocycles. The molecule has 3 atom stereocenters. The van der Waals surface area contributed by atoms with E-state index < -0.39 is 6.10 Å². The van der Waals surface area contributed by atoms with Crippen LogP contribution in [0.15, 0.2) is 30.3 Å². The third kappa shape index (κ3) is 5.06. The highest BCUT2D eigenvalue weighted by Crippen LogP contribution is 2.20. The number of carbonyl (C=O) groups is 2. The van der Waals surface area contributed by atoms with Gasteiger partial charge in [-0.25, -0.2) is 0 Å². The van der Waals surface area contributed by atoms with Crippen molar-refractivity contribution < 1.29 is 14.7 Å². The average molecular weight is 332 g/mol. The third-order valence-corrected chi connectivity index (χ3v) is 4.60. The van der Waals surface area contributed by atoms with Crippen LogP contribution in [0.5, 0.6) is 0 Å². The van der Waals surface area contributed by atoms with Crippen LogP contribution in [0.3, 0.4) is 0 Å². The molecule has 0 radical (unpaired) electrons. The Morgan fingerprint density at radius 1 is 1.33 bits per heavy atom. The molecule has 1 aliphatic rings. The van der Waals surface area contributed by atoms with Gasteiger partial charge in [0, 0.05) is 25.6 Å². The molecular weight excluding hydrogens is 304 g/mol. The molecule has 1 aliphatic heterocycles. The number of likely N-dealkylation sites (tertiary alicyclic amines) is 1. The molecule has 1 aromatic carbocycles. The van der Waals surface area contributed by atoms with E-state index in [1.807, 2.05) is 44.2 Å². The summed E-state index contributed by atoms with van der Waals surface area (Å²) in [5.41, 5.74) is 0.857. The monoisotopic (exact) mass is 332 g/mol. The van der Waals surface area contributed by atoms with Crippen LogP contribution in [-0.2, 0) is 9.59 Å². The van der Waals surface area contributed by atoms with Gasteiger partial charge in [-0.1, -0.05) is 37.3 Å². The van der Waals surface area contributed by atoms with Gasteiger partial charge in [0.2, 0.25) is 11.8 Å². The Hall–Kier alpha value is -1.88. The molecule has 0 bridgehead atoms. The summed E-state index contributed by atoms with van der Waals surface area (Å²) in [5, 5.41) is 13.2. The minimum absolute atomic E-state index is 0.0173. The topological polar surface area (TPSA) is 69.6 Å². The number of piperidine rings is 1. The maximum atomic E-state index is 12.5. The largest absolute Gasteiger partial charge is 0.388 e. The molecule has 3 unspecified atom stereocenters. The number of amides is 2. The fraction of sp³-hybridized carbons (Fsp3) is 0.579. The van der Waals surface area contributed by atoms with Gasteiger partial charge in [-0.15, -0.1) is 0 Å². The molecule has 132 valence electrons. The van der Waals surface area contributed by atoms with Gasteiger partial charge in [0.15, 0.2) is 0 Å². The Bertz CT molecular complexity index is 547. The van der Waals surface area contributed by atoms with Crippen molar-refractivity contribution in [1.29, 1.82) is 0 Å². The molecule has 1 heterocycles. The van der Waals surface area contributed by atoms with E-state index in [0.29, 0.717) is 19.4 Å². The summed E-state index contributed by atoms with van der Waals surface area (Å²) in [5.74, 6) is -0.0537. The fourth-order valence-electron chi connectivity index (χ4n) is 3.21. The van der Waals surface area contributed by atoms with Crippen LogP contribution < -0.4 is 5.32 Å². The van der Waals surface area contributed by atoms with Crippen molar-refractivity contribution in [3.05, 3.63) is 35.9 Å². The molecule has 5 heteroatoms. The summed E-state index contributed by atoms with van der Waals surface area (Å²) in [7, 11) is 0. The molecule has 5 nitrogen and oxygen atoms in total. The highest BCUT2D eigenvalue weighted by Gasteiger charge is 2.28. The predicted octanol–water partition coefficient (Wildman–Crippen LogP) is 2.26. The van der Waals surface area contributed by atoms with Crippen LogP contribution in [-0.4, -0.2) is 41.0 Å². The normalized spacial score (nSPS) is 20.3. The van der Waals surface area contributed by atoms with Crippen molar-refractivity contribution in [1.82, 2.24) is 10.2 Å². The Balaban J connectivity index is 1.83. The lowest BCUT2D eigenvalue weighted by atomic mass is 9.96. The van der Waals surface area contributed by atoms with E-state index in [4.69, 9.17) is 0 Å². The van der Waals surface area contributed by atoms with Gasteiger partial charge in [0.25, 0.3) is 0 Å². The minimum Gasteiger partial charge on any atom is -0.388 e. The molecule has 2 amide bonds. The molecule has 0 aromatic heterocycles. The third-order valence-electron chi connectivity index (χ3n) is 4.60. The molecule has 24 heavy (non-hydrogen) atoms. The van der Waals surface area contributed by atoms with Crippen molar-refractivity contribution in [2.45, 2.75) is 51.7 Å². The summed E-state index contributed by atoms with van der Waals surface area (Å²) in [6, 6.07) is 9.34. The maximum Gasteiger partial charge on any atom is 0.225 e. The number of carbonyl (C=O) groups excluding carboxylic acids is 2. The standard InChI is InChI=1S/C19H28N2O3/c1-3-18(23)21-11-7-10-16(13-21)19(24)20-14(2)12-17(22)15-8-5-4-6-9-15/h4-6,8-9,14,16-17,22H,3,7,10-13H2,1-2H3,(H,20,24). The van der Waals surface area contributed by atoms with E-state index in [-0.39, 0.29) is 23.8 Å². The van der Waals surface area contributed by atoms with Crippen LogP contribution in [0.2, 0.25) is 0 Å². The van der Waals surface area contributed by atoms with Gasteiger partial charge in [-0.3, -0.25) is 9.59 Å². The van der Waals surface area contributed by atoms with Crippen LogP contribution in [0.4, 0.5) is 0 Å². The molecular formula is C19H28N2O3. The van der Waals surface area contributed by atoms with E-state index in [0.717, 1.165) is 24.9 Å². The van der Waals surface area contributed by atoms with Crippen molar-refractivity contribution in [3.63, 3.8) is 0 Å². The Morgan fingerprint density at radius 2 is 2.04 bits per heavy atom. The zero-order chi connectivity index (χ0) is 17.5. The van der Waals surface area contributed by atoms with Gasteiger partial charge in [-0.05, 0) is 31.7 Å². The predicted molar refractivity (Wildman–Crippen MR) is 93.2 cm³/mol. The number of hydrogen-bond donors (Lipinski definition) is 2. The SMILES string of the molecule is CCC(=O)N1CCCC(C(=O)NC(C)CC(O)c2ccccc2)C1. The molecule has 0 saturated carbocycles. The minimum atomic E-state index is -0.592. The number of aliphatic hydroxyl groups is 1. The molecule has 2 rings (SSSR count). The number of benzene rings is 1. The summed E-state index contributed by atoms with van der Waals surface area (Å²) in [6.45, 7) is 5.01. The van der Waals surface area contributed by atoms with Crippen LogP contribution >= 0.6 is 0 Å². The second-order valence-corrected chi connectivity index (χ2v) is 6.60. The second kappa shape index (κ2) is 8.83. The van der Waals surface area contributed by atoms with E-state index >= 15 is 0 Å². The number of nitrogens with zero attached hydrogens (tertiary/aromatic N) is 1. The Kier molecular flexibility index (Phi) is 6.79. The lowest BCUT2D eigenvalue weighted by Gasteiger charge is -2.32. The first-order chi connectivity index (χ1) is 11.5. The molecule has 1 fully saturated rings. The lowest BCUT2D eigenvalue weighted by molar-refractivity contribution is -0.135. The summed E-state index contributed by atoms with van der Waals surface area (Å²) >= 11 is 0. The Labute approximate surface area is 144 Å². The highest BCUT2D eigenvalue weighted by atomic mass is 16.3. The van der Waals surface area contributed by atoms with E-state index in [1.54, 1.807) is 4.90 Å². The van der Waals surface area contributed by atoms with Crippen LogP contribution in [0, 0.1) is 5.92 Å². The van der Waals surface area contributed by atoms with Gasteiger partial charge in [0.1, 0.15) is 0 Å². The lowest BCUT2D eigenvalue weighted by Crippen LogP contribution is -2.47. The van der Waals surface area contributed by atoms with Gasteiger partial charge in [0.05, 0.1) is 12.0 Å². The number of nitrogens with one attached hydrogen (secondary N) is 1. The van der Waals surface area contributed by atoms with E-state index in [1.165, 1.54) is 0 Å². The highest BCUT2D eigenvalue weighted by molar-refractivity contribution is 5.81. The first-order valence-electron chi connectivity index (χ1n) is 8.82. The smallest absolute Gasteiger partial charge is 0.225 e. The van der Waals surface area contributed by atoms with E-state index in [2.05, 4.69) is 5.32 Å². The van der Waals surface area contributed by atoms with Crippen molar-refractivity contribution in [2.24, 2.45) is 5.92 Å². The van der Waals surface area contributed by atoms with Crippen LogP contribution in [0.1, 0.15) is 51.2 Å². The average Bonchev–Trinajstić information content (AvgIpc) is 2.61. The molecule has 2 N–H and O–H groups in total. The van der Waals surface area contributed by atoms with Gasteiger partial charge in [-0.2, -0.15) is 0 Å². The maximum absolute atomic E-state index is 12.5. The van der Waals surface area contributed by atoms with Crippen LogP contribution in [0.25, 0.3) is 0 Å². The van der Waals surface area contributed by atoms with Crippen molar-refractivity contribution in [2.75, 3.05) is 13.1 Å². The van der Waals surface area contributed by atoms with Gasteiger partial charge < -0.3 is 15.3 Å². The van der Waals surface area contributed by atoms with Crippen molar-refractivity contribution >= 4 is 11.8 Å². The zero-order valence-corrected chi connectivity index (χ0v) is 14.6. The summed E-state index contributed by atoms with van der Waals surface area (Å²) < 4.78 is 0. The number of hydrogen-bond acceptors (Lipinski definition) is 3. The second-order valence-electron chi connectivity index (χ2n) is 6.60. The first kappa shape index (κ1) is 18.5. The zero-order valence-electron chi connectivity index (χ0n) is 14.6. The summed E-state index contributed by atoms with van der Waals surface area (Å²) in [6.07, 6.45) is 2.04. The molecule has 1 aromatic rings. The summed E-state index contributed by atoms with van der Waals surface area (Å²) in [4.78, 5) is 26.1. The Morgan fingerprint density at radius 3 is 2.71 bits per heavy atom. The number of aliphatic hydroxyl groups excluding tert-OH is 1. The quantitative estimate of drug-likeness (QED) is 0.839. The number of rotatable bonds is 6. The first-order valence-corrected chi connectivity index (χ1v) is 8.82. The fourth-order valence-corrected chi connectivity index (χ4v) is 3.21.